The molecule has 0 unspecified atom stereocenters. The summed E-state index contributed by atoms with van der Waals surface area (Å²) in [6.07, 6.45) is 11.5. The third kappa shape index (κ3) is 7.58. The molecular formula is C26H38O3. The van der Waals surface area contributed by atoms with Crippen LogP contribution in [0, 0.1) is 5.92 Å². The molecule has 1 aromatic rings. The van der Waals surface area contributed by atoms with Crippen LogP contribution in [0.3, 0.4) is 0 Å². The second kappa shape index (κ2) is 10.9. The molecule has 3 heteroatoms. The number of unbranched alkanes of at least 4 members (excludes halogenated alkanes) is 1. The molecule has 3 N–H and O–H groups in total. The van der Waals surface area contributed by atoms with Crippen LogP contribution in [0.4, 0.5) is 0 Å². The monoisotopic (exact) mass is 398 g/mol. The topological polar surface area (TPSA) is 60.7 Å². The lowest BCUT2D eigenvalue weighted by Gasteiger charge is -2.26. The Hall–Kier alpha value is -1.68. The average Bonchev–Trinajstić information content (AvgIpc) is 2.66. The summed E-state index contributed by atoms with van der Waals surface area (Å²) in [5, 5.41) is 30.0. The zero-order valence-corrected chi connectivity index (χ0v) is 18.3. The Bertz CT molecular complexity index is 724. The molecule has 0 amide bonds. The van der Waals surface area contributed by atoms with Gasteiger partial charge in [0, 0.05) is 6.42 Å². The van der Waals surface area contributed by atoms with Gasteiger partial charge in [-0.25, -0.2) is 0 Å². The zero-order chi connectivity index (χ0) is 21.4. The van der Waals surface area contributed by atoms with Gasteiger partial charge in [0.05, 0.1) is 17.8 Å². The van der Waals surface area contributed by atoms with Crippen LogP contribution in [-0.2, 0) is 12.0 Å². The second-order valence-corrected chi connectivity index (χ2v) is 9.05. The molecule has 1 aromatic carbocycles. The van der Waals surface area contributed by atoms with Crippen molar-refractivity contribution in [3.63, 3.8) is 0 Å². The fourth-order valence-corrected chi connectivity index (χ4v) is 4.00. The van der Waals surface area contributed by atoms with Crippen LogP contribution in [0.1, 0.15) is 70.4 Å². The lowest BCUT2D eigenvalue weighted by atomic mass is 9.86. The minimum absolute atomic E-state index is 0.387. The minimum Gasteiger partial charge on any atom is -0.393 e. The summed E-state index contributed by atoms with van der Waals surface area (Å²) < 4.78 is 0. The maximum atomic E-state index is 10.4. The van der Waals surface area contributed by atoms with E-state index in [2.05, 4.69) is 25.6 Å². The van der Waals surface area contributed by atoms with Gasteiger partial charge in [-0.1, -0.05) is 62.4 Å². The van der Waals surface area contributed by atoms with Crippen molar-refractivity contribution >= 4 is 0 Å². The molecule has 0 aliphatic heterocycles. The van der Waals surface area contributed by atoms with Crippen LogP contribution >= 0.6 is 0 Å². The first-order valence-electron chi connectivity index (χ1n) is 10.9. The molecule has 160 valence electrons. The molecule has 1 aliphatic rings. The molecule has 0 saturated heterocycles. The van der Waals surface area contributed by atoms with Crippen molar-refractivity contribution in [2.75, 3.05) is 0 Å². The third-order valence-electron chi connectivity index (χ3n) is 5.85. The highest BCUT2D eigenvalue weighted by molar-refractivity contribution is 5.37. The molecule has 3 atom stereocenters. The van der Waals surface area contributed by atoms with E-state index in [1.54, 1.807) is 0 Å². The zero-order valence-electron chi connectivity index (χ0n) is 18.3. The standard InChI is InChI=1S/C26H38O3/c1-19(15-16-21-12-9-10-14-24(21)26(3,4)29)11-7-5-6-8-13-22-17-23(27)18-25(28)20(22)2/h6,8-10,12-14,19,23,25,27-29H,2,5,7,11,15-18H2,1,3-4H3/b8-6+,22-13-/t19-,23+,25-/m0/s1. The van der Waals surface area contributed by atoms with E-state index in [0.717, 1.165) is 42.4 Å². The van der Waals surface area contributed by atoms with Crippen molar-refractivity contribution in [1.82, 2.24) is 0 Å². The molecule has 0 bridgehead atoms. The van der Waals surface area contributed by atoms with E-state index in [4.69, 9.17) is 0 Å². The summed E-state index contributed by atoms with van der Waals surface area (Å²) in [5.41, 5.74) is 3.17. The van der Waals surface area contributed by atoms with Crippen molar-refractivity contribution in [2.45, 2.75) is 83.5 Å². The smallest absolute Gasteiger partial charge is 0.0843 e. The Morgan fingerprint density at radius 2 is 1.93 bits per heavy atom. The van der Waals surface area contributed by atoms with Crippen LogP contribution in [0.15, 0.2) is 60.2 Å². The highest BCUT2D eigenvalue weighted by Crippen LogP contribution is 2.28. The van der Waals surface area contributed by atoms with Crippen LogP contribution in [-0.4, -0.2) is 27.5 Å². The normalized spacial score (nSPS) is 23.1. The van der Waals surface area contributed by atoms with Gasteiger partial charge in [0.1, 0.15) is 0 Å². The molecule has 29 heavy (non-hydrogen) atoms. The summed E-state index contributed by atoms with van der Waals surface area (Å²) in [7, 11) is 0. The van der Waals surface area contributed by atoms with Gasteiger partial charge in [-0.15, -0.1) is 0 Å². The van der Waals surface area contributed by atoms with Gasteiger partial charge in [0.25, 0.3) is 0 Å². The number of allylic oxidation sites excluding steroid dienone is 3. The Kier molecular flexibility index (Phi) is 8.88. The highest BCUT2D eigenvalue weighted by Gasteiger charge is 2.24. The van der Waals surface area contributed by atoms with E-state index in [-0.39, 0.29) is 0 Å². The minimum atomic E-state index is -0.797. The fourth-order valence-electron chi connectivity index (χ4n) is 4.00. The number of aliphatic hydroxyl groups is 3. The first-order valence-corrected chi connectivity index (χ1v) is 10.9. The number of aliphatic hydroxyl groups excluding tert-OH is 2. The van der Waals surface area contributed by atoms with E-state index in [1.807, 2.05) is 44.2 Å². The number of hydrogen-bond donors (Lipinski definition) is 3. The highest BCUT2D eigenvalue weighted by atomic mass is 16.3. The third-order valence-corrected chi connectivity index (χ3v) is 5.85. The van der Waals surface area contributed by atoms with Crippen LogP contribution in [0.5, 0.6) is 0 Å². The van der Waals surface area contributed by atoms with E-state index in [1.165, 1.54) is 12.0 Å². The van der Waals surface area contributed by atoms with Crippen molar-refractivity contribution in [1.29, 1.82) is 0 Å². The quantitative estimate of drug-likeness (QED) is 0.501. The van der Waals surface area contributed by atoms with Crippen LogP contribution < -0.4 is 0 Å². The van der Waals surface area contributed by atoms with Gasteiger partial charge in [0.15, 0.2) is 0 Å². The molecule has 0 spiro atoms. The summed E-state index contributed by atoms with van der Waals surface area (Å²) in [5.74, 6) is 0.639. The molecule has 0 heterocycles. The van der Waals surface area contributed by atoms with Gasteiger partial charge in [-0.2, -0.15) is 0 Å². The van der Waals surface area contributed by atoms with Gasteiger partial charge in [-0.3, -0.25) is 0 Å². The van der Waals surface area contributed by atoms with E-state index < -0.39 is 17.8 Å². The molecule has 3 nitrogen and oxygen atoms in total. The summed E-state index contributed by atoms with van der Waals surface area (Å²) in [6.45, 7) is 9.93. The number of benzene rings is 1. The predicted octanol–water partition coefficient (Wildman–Crippen LogP) is 5.21. The van der Waals surface area contributed by atoms with Gasteiger partial charge in [0.2, 0.25) is 0 Å². The first-order chi connectivity index (χ1) is 13.7. The lowest BCUT2D eigenvalue weighted by molar-refractivity contribution is 0.0775. The number of rotatable bonds is 9. The van der Waals surface area contributed by atoms with Crippen molar-refractivity contribution in [3.05, 3.63) is 71.3 Å². The molecule has 1 aliphatic carbocycles. The molecular weight excluding hydrogens is 360 g/mol. The Morgan fingerprint density at radius 3 is 2.66 bits per heavy atom. The SMILES string of the molecule is C=C1/C(=C\C=C\CCC[C@H](C)CCc2ccccc2C(C)(C)O)C[C@@H](O)C[C@@H]1O. The van der Waals surface area contributed by atoms with Gasteiger partial charge in [-0.05, 0) is 74.1 Å². The summed E-state index contributed by atoms with van der Waals surface area (Å²) in [4.78, 5) is 0. The summed E-state index contributed by atoms with van der Waals surface area (Å²) >= 11 is 0. The number of hydrogen-bond acceptors (Lipinski definition) is 3. The van der Waals surface area contributed by atoms with Crippen molar-refractivity contribution < 1.29 is 15.3 Å². The van der Waals surface area contributed by atoms with E-state index in [9.17, 15) is 15.3 Å². The largest absolute Gasteiger partial charge is 0.393 e. The molecule has 0 aromatic heterocycles. The molecule has 1 fully saturated rings. The Labute approximate surface area is 176 Å². The van der Waals surface area contributed by atoms with Crippen LogP contribution in [0.2, 0.25) is 0 Å². The maximum Gasteiger partial charge on any atom is 0.0843 e. The van der Waals surface area contributed by atoms with Crippen molar-refractivity contribution in [3.8, 4) is 0 Å². The van der Waals surface area contributed by atoms with Gasteiger partial charge < -0.3 is 15.3 Å². The van der Waals surface area contributed by atoms with Gasteiger partial charge >= 0.3 is 0 Å². The Morgan fingerprint density at radius 1 is 1.21 bits per heavy atom. The Balaban J connectivity index is 1.73. The van der Waals surface area contributed by atoms with E-state index >= 15 is 0 Å². The maximum absolute atomic E-state index is 10.4. The second-order valence-electron chi connectivity index (χ2n) is 9.05. The molecule has 2 rings (SSSR count). The van der Waals surface area contributed by atoms with E-state index in [0.29, 0.717) is 18.8 Å². The molecule has 0 radical (unpaired) electrons. The first kappa shape index (κ1) is 23.6. The number of aryl methyl sites for hydroxylation is 1. The van der Waals surface area contributed by atoms with Crippen molar-refractivity contribution in [2.24, 2.45) is 5.92 Å². The summed E-state index contributed by atoms with van der Waals surface area (Å²) in [6, 6.07) is 8.20. The average molecular weight is 399 g/mol. The predicted molar refractivity (Wildman–Crippen MR) is 121 cm³/mol. The van der Waals surface area contributed by atoms with Crippen LogP contribution in [0.25, 0.3) is 0 Å². The molecule has 1 saturated carbocycles. The fraction of sp³-hybridized carbons (Fsp3) is 0.538. The lowest BCUT2D eigenvalue weighted by Crippen LogP contribution is -2.26.